The van der Waals surface area contributed by atoms with Gasteiger partial charge in [-0.15, -0.1) is 11.3 Å². The molecule has 3 heterocycles. The van der Waals surface area contributed by atoms with E-state index in [1.807, 2.05) is 115 Å². The minimum Gasteiger partial charge on any atom is -0.309 e. The predicted molar refractivity (Wildman–Crippen MR) is 209 cm³/mol. The van der Waals surface area contributed by atoms with Crippen molar-refractivity contribution in [2.24, 2.45) is 0 Å². The molecule has 0 bridgehead atoms. The van der Waals surface area contributed by atoms with Gasteiger partial charge >= 0.3 is 0 Å². The van der Waals surface area contributed by atoms with Crippen molar-refractivity contribution in [3.05, 3.63) is 170 Å². The first kappa shape index (κ1) is 22.3. The van der Waals surface area contributed by atoms with E-state index in [0.29, 0.717) is 44.6 Å². The van der Waals surface area contributed by atoms with Crippen LogP contribution in [0.25, 0.3) is 93.0 Å². The van der Waals surface area contributed by atoms with Crippen molar-refractivity contribution in [1.82, 2.24) is 19.5 Å². The number of benzene rings is 7. The molecule has 10 rings (SSSR count). The Balaban J connectivity index is 1.35. The van der Waals surface area contributed by atoms with Gasteiger partial charge in [0.2, 0.25) is 0 Å². The number of para-hydroxylation sites is 2. The molecule has 234 valence electrons. The van der Waals surface area contributed by atoms with E-state index in [0.717, 1.165) is 44.3 Å². The van der Waals surface area contributed by atoms with Gasteiger partial charge in [-0.25, -0.2) is 15.0 Å². The third-order valence-corrected chi connectivity index (χ3v) is 10.1. The van der Waals surface area contributed by atoms with E-state index < -0.39 is 6.04 Å². The number of hydrogen-bond donors (Lipinski definition) is 0. The zero-order valence-corrected chi connectivity index (χ0v) is 27.1. The van der Waals surface area contributed by atoms with Crippen LogP contribution in [0.5, 0.6) is 0 Å². The van der Waals surface area contributed by atoms with Crippen LogP contribution in [0.2, 0.25) is 0 Å². The highest BCUT2D eigenvalue weighted by atomic mass is 32.1. The van der Waals surface area contributed by atoms with Crippen molar-refractivity contribution >= 4 is 53.3 Å². The second-order valence-corrected chi connectivity index (χ2v) is 12.9. The van der Waals surface area contributed by atoms with Gasteiger partial charge in [0.25, 0.3) is 0 Å². The second-order valence-electron chi connectivity index (χ2n) is 11.9. The van der Waals surface area contributed by atoms with Gasteiger partial charge in [-0.2, -0.15) is 0 Å². The van der Waals surface area contributed by atoms with Gasteiger partial charge in [0.05, 0.1) is 26.3 Å². The summed E-state index contributed by atoms with van der Waals surface area (Å²) in [6.45, 7) is 0. The summed E-state index contributed by atoms with van der Waals surface area (Å²) >= 11 is 1.11. The van der Waals surface area contributed by atoms with Crippen molar-refractivity contribution in [3.8, 4) is 51.0 Å². The van der Waals surface area contributed by atoms with Crippen molar-refractivity contribution in [3.63, 3.8) is 0 Å². The first-order valence-corrected chi connectivity index (χ1v) is 17.0. The molecule has 4 nitrogen and oxygen atoms in total. The molecular weight excluding hydrogens is 629 g/mol. The van der Waals surface area contributed by atoms with Crippen LogP contribution in [0, 0.1) is 0 Å². The number of rotatable bonds is 5. The van der Waals surface area contributed by atoms with Crippen molar-refractivity contribution < 1.29 is 9.60 Å². The highest BCUT2D eigenvalue weighted by Crippen LogP contribution is 2.44. The summed E-state index contributed by atoms with van der Waals surface area (Å²) in [5.74, 6) is 1.35. The van der Waals surface area contributed by atoms with Crippen LogP contribution in [-0.2, 0) is 0 Å². The third-order valence-electron chi connectivity index (χ3n) is 8.98. The zero-order chi connectivity index (χ0) is 39.1. The number of aromatic nitrogens is 4. The molecule has 0 unspecified atom stereocenters. The monoisotopic (exact) mass is 663 g/mol. The Morgan fingerprint density at radius 3 is 1.68 bits per heavy atom. The van der Waals surface area contributed by atoms with E-state index >= 15 is 0 Å². The zero-order valence-electron chi connectivity index (χ0n) is 33.3. The molecule has 0 saturated heterocycles. The molecule has 0 amide bonds. The molecule has 7 aromatic carbocycles. The van der Waals surface area contributed by atoms with Crippen LogP contribution in [0.1, 0.15) is 9.60 Å². The van der Waals surface area contributed by atoms with E-state index in [-0.39, 0.29) is 51.7 Å². The SMILES string of the molecule is [2H]c1c([2H])c([2H])c2c(sc3c(-c4cc(-c5nc(-c6ccccc6)nc(-c6ccccc6)n5)ccc4-n4c5ccccc5c5ccccc54)c([2H])c([2H])c([2H])c32)c1[2H]. The summed E-state index contributed by atoms with van der Waals surface area (Å²) in [5.41, 5.74) is 5.67. The van der Waals surface area contributed by atoms with Gasteiger partial charge in [0.15, 0.2) is 17.5 Å². The van der Waals surface area contributed by atoms with E-state index in [1.165, 1.54) is 0 Å². The smallest absolute Gasteiger partial charge is 0.164 e. The van der Waals surface area contributed by atoms with Gasteiger partial charge in [-0.05, 0) is 36.4 Å². The molecule has 5 heteroatoms. The quantitative estimate of drug-likeness (QED) is 0.184. The fourth-order valence-corrected chi connectivity index (χ4v) is 7.79. The van der Waals surface area contributed by atoms with E-state index in [1.54, 1.807) is 0 Å². The van der Waals surface area contributed by atoms with Gasteiger partial charge in [-0.3, -0.25) is 0 Å². The van der Waals surface area contributed by atoms with Crippen LogP contribution in [0.4, 0.5) is 0 Å². The number of nitrogens with zero attached hydrogens (tertiary/aromatic N) is 4. The maximum atomic E-state index is 9.52. The number of hydrogen-bond acceptors (Lipinski definition) is 4. The molecule has 0 aliphatic heterocycles. The minimum absolute atomic E-state index is 0.174. The summed E-state index contributed by atoms with van der Waals surface area (Å²) in [4.78, 5) is 14.8. The first-order chi connectivity index (χ1) is 27.7. The molecule has 0 N–H and O–H groups in total. The molecular formula is C45H28N4S. The van der Waals surface area contributed by atoms with Gasteiger partial charge in [-0.1, -0.05) is 133 Å². The molecule has 0 atom stereocenters. The van der Waals surface area contributed by atoms with Gasteiger partial charge in [0, 0.05) is 58.8 Å². The lowest BCUT2D eigenvalue weighted by Crippen LogP contribution is -2.02. The second kappa shape index (κ2) is 11.6. The topological polar surface area (TPSA) is 43.6 Å². The molecule has 0 fully saturated rings. The van der Waals surface area contributed by atoms with E-state index in [2.05, 4.69) is 16.7 Å². The minimum atomic E-state index is -0.416. The lowest BCUT2D eigenvalue weighted by Gasteiger charge is -2.17. The van der Waals surface area contributed by atoms with Crippen molar-refractivity contribution in [1.29, 1.82) is 0 Å². The Morgan fingerprint density at radius 1 is 0.460 bits per heavy atom. The average molecular weight is 664 g/mol. The average Bonchev–Trinajstić information content (AvgIpc) is 3.82. The van der Waals surface area contributed by atoms with Crippen LogP contribution >= 0.6 is 11.3 Å². The Hall–Kier alpha value is -6.43. The lowest BCUT2D eigenvalue weighted by molar-refractivity contribution is 1.07. The Labute approximate surface area is 302 Å². The number of thiophene rings is 1. The number of fused-ring (bicyclic) bond motifs is 6. The summed E-state index contributed by atoms with van der Waals surface area (Å²) in [6.07, 6.45) is 0. The predicted octanol–water partition coefficient (Wildman–Crippen LogP) is 12.0. The molecule has 0 radical (unpaired) electrons. The van der Waals surface area contributed by atoms with Crippen molar-refractivity contribution in [2.45, 2.75) is 0 Å². The van der Waals surface area contributed by atoms with Crippen LogP contribution in [-0.4, -0.2) is 19.5 Å². The van der Waals surface area contributed by atoms with E-state index in [4.69, 9.17) is 23.2 Å². The highest BCUT2D eigenvalue weighted by molar-refractivity contribution is 7.26. The summed E-state index contributed by atoms with van der Waals surface area (Å²) in [5, 5.41) is 2.46. The Bertz CT molecular complexity index is 3160. The van der Waals surface area contributed by atoms with Crippen LogP contribution < -0.4 is 0 Å². The first-order valence-electron chi connectivity index (χ1n) is 19.6. The molecule has 50 heavy (non-hydrogen) atoms. The maximum Gasteiger partial charge on any atom is 0.164 e. The molecule has 3 aromatic heterocycles. The molecule has 0 saturated carbocycles. The lowest BCUT2D eigenvalue weighted by atomic mass is 9.98. The molecule has 0 aliphatic carbocycles. The normalized spacial score (nSPS) is 13.6. The highest BCUT2D eigenvalue weighted by Gasteiger charge is 2.20. The molecule has 0 spiro atoms. The fourth-order valence-electron chi connectivity index (χ4n) is 6.71. The summed E-state index contributed by atoms with van der Waals surface area (Å²) < 4.78 is 65.1. The standard InChI is InChI=1S/C45H28N4S/c1-3-14-29(15-4-1)43-46-44(30-16-5-2-6-17-30)48-45(47-43)31-26-27-40(49-38-23-10-7-18-32(38)33-19-8-11-24-39(33)49)37(28-31)36-22-13-21-35-34-20-9-12-25-41(34)50-42(35)36/h1-28H/i9D,12D,13D,20D,21D,22D,25D. The summed E-state index contributed by atoms with van der Waals surface area (Å²) in [6, 6.07) is 39.2. The third kappa shape index (κ3) is 4.63. The Kier molecular flexibility index (Phi) is 5.17. The van der Waals surface area contributed by atoms with Gasteiger partial charge in [0.1, 0.15) is 0 Å². The Morgan fingerprint density at radius 2 is 1.02 bits per heavy atom. The maximum absolute atomic E-state index is 9.52. The molecule has 10 aromatic rings. The summed E-state index contributed by atoms with van der Waals surface area (Å²) in [7, 11) is 0. The van der Waals surface area contributed by atoms with E-state index in [9.17, 15) is 1.37 Å². The fraction of sp³-hybridized carbons (Fsp3) is 0. The van der Waals surface area contributed by atoms with Crippen molar-refractivity contribution in [2.75, 3.05) is 0 Å². The van der Waals surface area contributed by atoms with Crippen LogP contribution in [0.3, 0.4) is 0 Å². The molecule has 0 aliphatic rings. The van der Waals surface area contributed by atoms with Crippen LogP contribution in [0.15, 0.2) is 170 Å². The largest absolute Gasteiger partial charge is 0.309 e. The van der Waals surface area contributed by atoms with Gasteiger partial charge < -0.3 is 4.57 Å².